The van der Waals surface area contributed by atoms with Crippen LogP contribution in [0.4, 0.5) is 4.39 Å². The van der Waals surface area contributed by atoms with Gasteiger partial charge in [0.1, 0.15) is 11.6 Å². The second kappa shape index (κ2) is 6.23. The molecule has 0 atom stereocenters. The summed E-state index contributed by atoms with van der Waals surface area (Å²) in [4.78, 5) is 15.8. The highest BCUT2D eigenvalue weighted by molar-refractivity contribution is 5.81. The van der Waals surface area contributed by atoms with Gasteiger partial charge >= 0.3 is 0 Å². The summed E-state index contributed by atoms with van der Waals surface area (Å²) >= 11 is 0. The van der Waals surface area contributed by atoms with Crippen LogP contribution in [0.5, 0.6) is 0 Å². The van der Waals surface area contributed by atoms with Gasteiger partial charge in [0, 0.05) is 25.2 Å². The molecule has 1 heterocycles. The minimum atomic E-state index is -0.289. The Morgan fingerprint density at radius 1 is 1.21 bits per heavy atom. The number of nitrogens with zero attached hydrogens (tertiary/aromatic N) is 1. The third-order valence-corrected chi connectivity index (χ3v) is 3.14. The van der Waals surface area contributed by atoms with Crippen molar-refractivity contribution >= 4 is 5.78 Å². The van der Waals surface area contributed by atoms with Crippen molar-refractivity contribution in [1.29, 1.82) is 0 Å². The molecule has 0 saturated heterocycles. The topological polar surface area (TPSA) is 30.0 Å². The standard InChI is InChI=1S/C16H16FNO/c1-12-2-4-15(17)10-14(12)11-16(19)5-3-13-6-8-18-9-7-13/h2,4,6-10H,3,5,11H2,1H3. The molecule has 2 nitrogen and oxygen atoms in total. The van der Waals surface area contributed by atoms with E-state index < -0.39 is 0 Å². The molecule has 0 radical (unpaired) electrons. The van der Waals surface area contributed by atoms with Gasteiger partial charge < -0.3 is 0 Å². The van der Waals surface area contributed by atoms with E-state index in [0.717, 1.165) is 16.7 Å². The molecule has 2 rings (SSSR count). The molecule has 0 amide bonds. The SMILES string of the molecule is Cc1ccc(F)cc1CC(=O)CCc1ccncc1. The minimum Gasteiger partial charge on any atom is -0.299 e. The molecular formula is C16H16FNO. The Balaban J connectivity index is 1.93. The molecule has 0 aliphatic rings. The Kier molecular flexibility index (Phi) is 4.39. The highest BCUT2D eigenvalue weighted by Crippen LogP contribution is 2.12. The fourth-order valence-electron chi connectivity index (χ4n) is 1.96. The van der Waals surface area contributed by atoms with Crippen LogP contribution in [-0.4, -0.2) is 10.8 Å². The third kappa shape index (κ3) is 3.98. The molecule has 0 fully saturated rings. The molecule has 19 heavy (non-hydrogen) atoms. The number of carbonyl (C=O) groups is 1. The number of pyridine rings is 1. The summed E-state index contributed by atoms with van der Waals surface area (Å²) in [5.74, 6) is -0.159. The zero-order valence-electron chi connectivity index (χ0n) is 10.9. The molecule has 0 unspecified atom stereocenters. The van der Waals surface area contributed by atoms with E-state index in [-0.39, 0.29) is 11.6 Å². The van der Waals surface area contributed by atoms with Crippen molar-refractivity contribution in [1.82, 2.24) is 4.98 Å². The van der Waals surface area contributed by atoms with Gasteiger partial charge in [-0.3, -0.25) is 9.78 Å². The number of aryl methyl sites for hydroxylation is 2. The van der Waals surface area contributed by atoms with Crippen LogP contribution in [-0.2, 0) is 17.6 Å². The largest absolute Gasteiger partial charge is 0.299 e. The number of rotatable bonds is 5. The maximum atomic E-state index is 13.1. The lowest BCUT2D eigenvalue weighted by Crippen LogP contribution is -2.06. The molecule has 98 valence electrons. The second-order valence-electron chi connectivity index (χ2n) is 4.64. The predicted molar refractivity (Wildman–Crippen MR) is 72.4 cm³/mol. The first kappa shape index (κ1) is 13.4. The Hall–Kier alpha value is -2.03. The molecule has 0 aliphatic carbocycles. The van der Waals surface area contributed by atoms with Gasteiger partial charge in [-0.25, -0.2) is 4.39 Å². The molecular weight excluding hydrogens is 241 g/mol. The van der Waals surface area contributed by atoms with Gasteiger partial charge in [-0.2, -0.15) is 0 Å². The van der Waals surface area contributed by atoms with Crippen molar-refractivity contribution in [2.45, 2.75) is 26.2 Å². The normalized spacial score (nSPS) is 10.4. The first-order chi connectivity index (χ1) is 9.15. The first-order valence-corrected chi connectivity index (χ1v) is 6.31. The highest BCUT2D eigenvalue weighted by Gasteiger charge is 2.07. The fraction of sp³-hybridized carbons (Fsp3) is 0.250. The number of hydrogen-bond acceptors (Lipinski definition) is 2. The summed E-state index contributed by atoms with van der Waals surface area (Å²) in [5, 5.41) is 0. The van der Waals surface area contributed by atoms with E-state index in [0.29, 0.717) is 19.3 Å². The number of ketones is 1. The predicted octanol–water partition coefficient (Wildman–Crippen LogP) is 3.27. The van der Waals surface area contributed by atoms with Crippen LogP contribution >= 0.6 is 0 Å². The molecule has 1 aromatic carbocycles. The molecule has 0 N–H and O–H groups in total. The maximum Gasteiger partial charge on any atom is 0.137 e. The van der Waals surface area contributed by atoms with Crippen molar-refractivity contribution in [3.63, 3.8) is 0 Å². The van der Waals surface area contributed by atoms with Crippen molar-refractivity contribution in [2.24, 2.45) is 0 Å². The van der Waals surface area contributed by atoms with Gasteiger partial charge in [0.25, 0.3) is 0 Å². The van der Waals surface area contributed by atoms with Crippen LogP contribution in [0.25, 0.3) is 0 Å². The summed E-state index contributed by atoms with van der Waals surface area (Å²) < 4.78 is 13.1. The lowest BCUT2D eigenvalue weighted by atomic mass is 10.00. The lowest BCUT2D eigenvalue weighted by molar-refractivity contribution is -0.118. The quantitative estimate of drug-likeness (QED) is 0.822. The molecule has 0 aliphatic heterocycles. The number of benzene rings is 1. The van der Waals surface area contributed by atoms with Gasteiger partial charge in [0.15, 0.2) is 0 Å². The van der Waals surface area contributed by atoms with E-state index in [4.69, 9.17) is 0 Å². The highest BCUT2D eigenvalue weighted by atomic mass is 19.1. The number of Topliss-reactive ketones (excluding diaryl/α,β-unsaturated/α-hetero) is 1. The van der Waals surface area contributed by atoms with Crippen molar-refractivity contribution in [3.8, 4) is 0 Å². The van der Waals surface area contributed by atoms with E-state index in [1.807, 2.05) is 19.1 Å². The Morgan fingerprint density at radius 2 is 1.95 bits per heavy atom. The van der Waals surface area contributed by atoms with Crippen LogP contribution in [0.15, 0.2) is 42.7 Å². The smallest absolute Gasteiger partial charge is 0.137 e. The van der Waals surface area contributed by atoms with Crippen LogP contribution in [0, 0.1) is 12.7 Å². The summed E-state index contributed by atoms with van der Waals surface area (Å²) in [6.07, 6.45) is 4.91. The molecule has 0 saturated carbocycles. The first-order valence-electron chi connectivity index (χ1n) is 6.31. The maximum absolute atomic E-state index is 13.1. The lowest BCUT2D eigenvalue weighted by Gasteiger charge is -2.05. The Labute approximate surface area is 112 Å². The van der Waals surface area contributed by atoms with E-state index in [2.05, 4.69) is 4.98 Å². The van der Waals surface area contributed by atoms with Crippen molar-refractivity contribution in [3.05, 3.63) is 65.2 Å². The zero-order chi connectivity index (χ0) is 13.7. The molecule has 3 heteroatoms. The monoisotopic (exact) mass is 257 g/mol. The zero-order valence-corrected chi connectivity index (χ0v) is 10.9. The van der Waals surface area contributed by atoms with Gasteiger partial charge in [0.2, 0.25) is 0 Å². The van der Waals surface area contributed by atoms with Gasteiger partial charge in [-0.05, 0) is 54.3 Å². The number of halogens is 1. The summed E-state index contributed by atoms with van der Waals surface area (Å²) in [6, 6.07) is 8.38. The fourth-order valence-corrected chi connectivity index (χ4v) is 1.96. The van der Waals surface area contributed by atoms with E-state index in [1.54, 1.807) is 18.5 Å². The molecule has 0 bridgehead atoms. The van der Waals surface area contributed by atoms with Gasteiger partial charge in [-0.1, -0.05) is 6.07 Å². The van der Waals surface area contributed by atoms with Crippen LogP contribution in [0.2, 0.25) is 0 Å². The molecule has 0 spiro atoms. The van der Waals surface area contributed by atoms with Crippen molar-refractivity contribution < 1.29 is 9.18 Å². The summed E-state index contributed by atoms with van der Waals surface area (Å²) in [6.45, 7) is 1.89. The van der Waals surface area contributed by atoms with Gasteiger partial charge in [0.05, 0.1) is 0 Å². The van der Waals surface area contributed by atoms with Crippen LogP contribution < -0.4 is 0 Å². The van der Waals surface area contributed by atoms with E-state index in [1.165, 1.54) is 12.1 Å². The number of hydrogen-bond donors (Lipinski definition) is 0. The average Bonchev–Trinajstić information content (AvgIpc) is 2.42. The molecule has 2 aromatic rings. The average molecular weight is 257 g/mol. The summed E-state index contributed by atoms with van der Waals surface area (Å²) in [5.41, 5.74) is 2.83. The third-order valence-electron chi connectivity index (χ3n) is 3.14. The van der Waals surface area contributed by atoms with Crippen molar-refractivity contribution in [2.75, 3.05) is 0 Å². The minimum absolute atomic E-state index is 0.130. The number of aromatic nitrogens is 1. The Morgan fingerprint density at radius 3 is 2.68 bits per heavy atom. The molecule has 1 aromatic heterocycles. The van der Waals surface area contributed by atoms with Crippen LogP contribution in [0.1, 0.15) is 23.1 Å². The number of carbonyl (C=O) groups excluding carboxylic acids is 1. The van der Waals surface area contributed by atoms with Gasteiger partial charge in [-0.15, -0.1) is 0 Å². The van der Waals surface area contributed by atoms with E-state index in [9.17, 15) is 9.18 Å². The van der Waals surface area contributed by atoms with Crippen LogP contribution in [0.3, 0.4) is 0 Å². The van der Waals surface area contributed by atoms with E-state index >= 15 is 0 Å². The summed E-state index contributed by atoms with van der Waals surface area (Å²) in [7, 11) is 0. The second-order valence-corrected chi connectivity index (χ2v) is 4.64. The Bertz CT molecular complexity index is 566.